The second-order valence-corrected chi connectivity index (χ2v) is 3.94. The van der Waals surface area contributed by atoms with Gasteiger partial charge in [-0.15, -0.1) is 0 Å². The molecule has 5 heteroatoms. The third kappa shape index (κ3) is 4.40. The van der Waals surface area contributed by atoms with Crippen LogP contribution in [0.4, 0.5) is 5.69 Å². The summed E-state index contributed by atoms with van der Waals surface area (Å²) in [5.74, 6) is -0.147. The molecule has 5 nitrogen and oxygen atoms in total. The Balaban J connectivity index is 2.44. The third-order valence-corrected chi connectivity index (χ3v) is 2.47. The molecule has 4 N–H and O–H groups in total. The summed E-state index contributed by atoms with van der Waals surface area (Å²) in [6.45, 7) is 2.58. The first-order chi connectivity index (χ1) is 8.15. The minimum Gasteiger partial charge on any atom is -0.397 e. The molecule has 1 heterocycles. The highest BCUT2D eigenvalue weighted by molar-refractivity contribution is 5.95. The van der Waals surface area contributed by atoms with Gasteiger partial charge >= 0.3 is 0 Å². The molecule has 0 bridgehead atoms. The van der Waals surface area contributed by atoms with Gasteiger partial charge in [0.25, 0.3) is 5.91 Å². The van der Waals surface area contributed by atoms with Crippen LogP contribution in [-0.4, -0.2) is 29.1 Å². The summed E-state index contributed by atoms with van der Waals surface area (Å²) in [5, 5.41) is 11.4. The molecule has 0 atom stereocenters. The molecule has 1 rings (SSSR count). The van der Waals surface area contributed by atoms with Gasteiger partial charge in [-0.3, -0.25) is 9.78 Å². The fourth-order valence-corrected chi connectivity index (χ4v) is 1.49. The maximum Gasteiger partial charge on any atom is 0.253 e. The Morgan fingerprint density at radius 3 is 2.94 bits per heavy atom. The minimum atomic E-state index is -0.147. The smallest absolute Gasteiger partial charge is 0.253 e. The fourth-order valence-electron chi connectivity index (χ4n) is 1.49. The van der Waals surface area contributed by atoms with Crippen molar-refractivity contribution in [1.29, 1.82) is 0 Å². The van der Waals surface area contributed by atoms with Crippen molar-refractivity contribution in [2.24, 2.45) is 0 Å². The molecule has 94 valence electrons. The lowest BCUT2D eigenvalue weighted by Crippen LogP contribution is -2.25. The van der Waals surface area contributed by atoms with Crippen molar-refractivity contribution in [2.45, 2.75) is 26.2 Å². The number of nitrogens with one attached hydrogen (secondary N) is 1. The Kier molecular flexibility index (Phi) is 5.42. The lowest BCUT2D eigenvalue weighted by Gasteiger charge is -2.07. The Morgan fingerprint density at radius 1 is 1.47 bits per heavy atom. The molecule has 0 spiro atoms. The van der Waals surface area contributed by atoms with Crippen LogP contribution in [0.1, 0.15) is 35.3 Å². The zero-order chi connectivity index (χ0) is 12.7. The number of aliphatic hydroxyl groups excluding tert-OH is 1. The van der Waals surface area contributed by atoms with Crippen molar-refractivity contribution in [1.82, 2.24) is 10.3 Å². The molecule has 0 aliphatic rings. The topological polar surface area (TPSA) is 88.2 Å². The molecule has 1 aromatic rings. The summed E-state index contributed by atoms with van der Waals surface area (Å²) in [6, 6.07) is 1.63. The zero-order valence-corrected chi connectivity index (χ0v) is 10.1. The largest absolute Gasteiger partial charge is 0.397 e. The molecule has 0 radical (unpaired) electrons. The van der Waals surface area contributed by atoms with Gasteiger partial charge < -0.3 is 16.2 Å². The average Bonchev–Trinajstić information content (AvgIpc) is 2.32. The summed E-state index contributed by atoms with van der Waals surface area (Å²) in [7, 11) is 0. The highest BCUT2D eigenvalue weighted by Gasteiger charge is 2.09. The first-order valence-electron chi connectivity index (χ1n) is 5.76. The number of hydrogen-bond donors (Lipinski definition) is 3. The standard InChI is InChI=1S/C12H19N3O2/c1-9-11(7-10(13)8-15-9)12(17)14-5-3-2-4-6-16/h7-8,16H,2-6,13H2,1H3,(H,14,17). The van der Waals surface area contributed by atoms with E-state index in [4.69, 9.17) is 10.8 Å². The van der Waals surface area contributed by atoms with E-state index in [1.807, 2.05) is 0 Å². The summed E-state index contributed by atoms with van der Waals surface area (Å²) in [5.41, 5.74) is 7.27. The first-order valence-corrected chi connectivity index (χ1v) is 5.76. The quantitative estimate of drug-likeness (QED) is 0.640. The number of aliphatic hydroxyl groups is 1. The predicted octanol–water partition coefficient (Wildman–Crippen LogP) is 0.865. The lowest BCUT2D eigenvalue weighted by atomic mass is 10.1. The van der Waals surface area contributed by atoms with Gasteiger partial charge in [0.15, 0.2) is 0 Å². The van der Waals surface area contributed by atoms with Gasteiger partial charge in [0.2, 0.25) is 0 Å². The molecule has 1 aromatic heterocycles. The van der Waals surface area contributed by atoms with E-state index in [0.717, 1.165) is 19.3 Å². The Labute approximate surface area is 101 Å². The molecule has 0 aliphatic heterocycles. The maximum atomic E-state index is 11.8. The molecule has 0 unspecified atom stereocenters. The number of aryl methyl sites for hydroxylation is 1. The van der Waals surface area contributed by atoms with Gasteiger partial charge in [-0.05, 0) is 32.3 Å². The van der Waals surface area contributed by atoms with Gasteiger partial charge in [-0.2, -0.15) is 0 Å². The summed E-state index contributed by atoms with van der Waals surface area (Å²) in [4.78, 5) is 15.8. The van der Waals surface area contributed by atoms with E-state index in [1.54, 1.807) is 13.0 Å². The Bertz CT molecular complexity index is 380. The van der Waals surface area contributed by atoms with Gasteiger partial charge in [-0.1, -0.05) is 0 Å². The molecule has 0 saturated carbocycles. The van der Waals surface area contributed by atoms with E-state index in [-0.39, 0.29) is 12.5 Å². The number of carbonyl (C=O) groups excluding carboxylic acids is 1. The number of rotatable bonds is 6. The highest BCUT2D eigenvalue weighted by Crippen LogP contribution is 2.09. The van der Waals surface area contributed by atoms with E-state index in [9.17, 15) is 4.79 Å². The number of nitrogen functional groups attached to an aromatic ring is 1. The molecule has 0 aromatic carbocycles. The van der Waals surface area contributed by atoms with Crippen LogP contribution in [0.3, 0.4) is 0 Å². The van der Waals surface area contributed by atoms with Gasteiger partial charge in [0.05, 0.1) is 23.1 Å². The van der Waals surface area contributed by atoms with E-state index in [2.05, 4.69) is 10.3 Å². The zero-order valence-electron chi connectivity index (χ0n) is 10.1. The summed E-state index contributed by atoms with van der Waals surface area (Å²) >= 11 is 0. The number of nitrogens with two attached hydrogens (primary N) is 1. The number of nitrogens with zero attached hydrogens (tertiary/aromatic N) is 1. The molecule has 17 heavy (non-hydrogen) atoms. The van der Waals surface area contributed by atoms with Crippen molar-refractivity contribution >= 4 is 11.6 Å². The number of carbonyl (C=O) groups is 1. The lowest BCUT2D eigenvalue weighted by molar-refractivity contribution is 0.0952. The third-order valence-electron chi connectivity index (χ3n) is 2.47. The predicted molar refractivity (Wildman–Crippen MR) is 66.7 cm³/mol. The summed E-state index contributed by atoms with van der Waals surface area (Å²) in [6.07, 6.45) is 4.08. The fraction of sp³-hybridized carbons (Fsp3) is 0.500. The van der Waals surface area contributed by atoms with Crippen LogP contribution in [0.25, 0.3) is 0 Å². The second-order valence-electron chi connectivity index (χ2n) is 3.94. The summed E-state index contributed by atoms with van der Waals surface area (Å²) < 4.78 is 0. The van der Waals surface area contributed by atoms with Gasteiger partial charge in [0, 0.05) is 13.2 Å². The van der Waals surface area contributed by atoms with Crippen molar-refractivity contribution in [3.63, 3.8) is 0 Å². The van der Waals surface area contributed by atoms with E-state index >= 15 is 0 Å². The van der Waals surface area contributed by atoms with Crippen molar-refractivity contribution in [2.75, 3.05) is 18.9 Å². The Hall–Kier alpha value is -1.62. The van der Waals surface area contributed by atoms with Crippen LogP contribution < -0.4 is 11.1 Å². The SMILES string of the molecule is Cc1ncc(N)cc1C(=O)NCCCCCO. The first kappa shape index (κ1) is 13.4. The maximum absolute atomic E-state index is 11.8. The number of pyridine rings is 1. The van der Waals surface area contributed by atoms with E-state index in [1.165, 1.54) is 6.20 Å². The normalized spacial score (nSPS) is 10.2. The van der Waals surface area contributed by atoms with Crippen LogP contribution in [0.5, 0.6) is 0 Å². The van der Waals surface area contributed by atoms with E-state index < -0.39 is 0 Å². The average molecular weight is 237 g/mol. The number of aromatic nitrogens is 1. The molecule has 1 amide bonds. The number of hydrogen-bond acceptors (Lipinski definition) is 4. The van der Waals surface area contributed by atoms with Crippen LogP contribution in [0.2, 0.25) is 0 Å². The second kappa shape index (κ2) is 6.85. The van der Waals surface area contributed by atoms with Crippen molar-refractivity contribution in [3.05, 3.63) is 23.5 Å². The van der Waals surface area contributed by atoms with Gasteiger partial charge in [-0.25, -0.2) is 0 Å². The highest BCUT2D eigenvalue weighted by atomic mass is 16.2. The minimum absolute atomic E-state index is 0.147. The number of amides is 1. The van der Waals surface area contributed by atoms with Crippen LogP contribution >= 0.6 is 0 Å². The van der Waals surface area contributed by atoms with E-state index in [0.29, 0.717) is 23.5 Å². The Morgan fingerprint density at radius 2 is 2.24 bits per heavy atom. The molecular weight excluding hydrogens is 218 g/mol. The monoisotopic (exact) mass is 237 g/mol. The number of unbranched alkanes of at least 4 members (excludes halogenated alkanes) is 2. The molecule has 0 aliphatic carbocycles. The molecule has 0 saturated heterocycles. The molecular formula is C12H19N3O2. The van der Waals surface area contributed by atoms with Crippen LogP contribution in [0.15, 0.2) is 12.3 Å². The molecule has 0 fully saturated rings. The number of anilines is 1. The van der Waals surface area contributed by atoms with Crippen molar-refractivity contribution < 1.29 is 9.90 Å². The van der Waals surface area contributed by atoms with Gasteiger partial charge in [0.1, 0.15) is 0 Å². The van der Waals surface area contributed by atoms with Crippen LogP contribution in [0, 0.1) is 6.92 Å². The van der Waals surface area contributed by atoms with Crippen LogP contribution in [-0.2, 0) is 0 Å². The van der Waals surface area contributed by atoms with Crippen molar-refractivity contribution in [3.8, 4) is 0 Å².